The maximum absolute atomic E-state index is 13.7. The third-order valence-corrected chi connectivity index (χ3v) is 7.27. The van der Waals surface area contributed by atoms with Gasteiger partial charge < -0.3 is 9.64 Å². The zero-order valence-corrected chi connectivity index (χ0v) is 20.9. The number of benzene rings is 3. The SMILES string of the molecule is COc1ccc(N(C)C(=O)[C@H]2CC(=O)CC3=C(C/C=C/c4cccc(c4)C2)Cc2ccccc23)cc1. The van der Waals surface area contributed by atoms with Crippen LogP contribution in [0.1, 0.15) is 41.5 Å². The third kappa shape index (κ3) is 5.03. The fourth-order valence-electron chi connectivity index (χ4n) is 5.35. The van der Waals surface area contributed by atoms with Gasteiger partial charge >= 0.3 is 0 Å². The second-order valence-corrected chi connectivity index (χ2v) is 9.68. The summed E-state index contributed by atoms with van der Waals surface area (Å²) in [5, 5.41) is 0. The van der Waals surface area contributed by atoms with Crippen LogP contribution in [0.4, 0.5) is 5.69 Å². The predicted octanol–water partition coefficient (Wildman–Crippen LogP) is 6.29. The number of hydrogen-bond donors (Lipinski definition) is 0. The van der Waals surface area contributed by atoms with Crippen molar-refractivity contribution < 1.29 is 14.3 Å². The Balaban J connectivity index is 1.47. The minimum Gasteiger partial charge on any atom is -0.497 e. The van der Waals surface area contributed by atoms with Gasteiger partial charge in [0.15, 0.2) is 0 Å². The number of ether oxygens (including phenoxy) is 1. The lowest BCUT2D eigenvalue weighted by Crippen LogP contribution is -2.35. The molecule has 2 aliphatic rings. The highest BCUT2D eigenvalue weighted by molar-refractivity contribution is 5.99. The first-order chi connectivity index (χ1) is 17.5. The van der Waals surface area contributed by atoms with Crippen LogP contribution in [0.15, 0.2) is 84.4 Å². The summed E-state index contributed by atoms with van der Waals surface area (Å²) in [6, 6.07) is 24.1. The third-order valence-electron chi connectivity index (χ3n) is 7.27. The highest BCUT2D eigenvalue weighted by Crippen LogP contribution is 2.38. The van der Waals surface area contributed by atoms with Crippen LogP contribution in [0, 0.1) is 5.92 Å². The first kappa shape index (κ1) is 23.8. The molecule has 0 aromatic heterocycles. The van der Waals surface area contributed by atoms with Gasteiger partial charge in [0.25, 0.3) is 0 Å². The van der Waals surface area contributed by atoms with Gasteiger partial charge in [0, 0.05) is 31.5 Å². The second kappa shape index (κ2) is 10.4. The van der Waals surface area contributed by atoms with E-state index < -0.39 is 5.92 Å². The average Bonchev–Trinajstić information content (AvgIpc) is 3.24. The number of nitrogens with zero attached hydrogens (tertiary/aromatic N) is 1. The van der Waals surface area contributed by atoms with Crippen molar-refractivity contribution >= 4 is 29.0 Å². The molecule has 0 N–H and O–H groups in total. The molecule has 0 heterocycles. The highest BCUT2D eigenvalue weighted by atomic mass is 16.5. The molecule has 0 unspecified atom stereocenters. The van der Waals surface area contributed by atoms with Crippen LogP contribution in [0.25, 0.3) is 11.6 Å². The van der Waals surface area contributed by atoms with E-state index in [0.29, 0.717) is 12.8 Å². The van der Waals surface area contributed by atoms with Crippen LogP contribution in [-0.4, -0.2) is 25.8 Å². The Kier molecular flexibility index (Phi) is 6.86. The largest absolute Gasteiger partial charge is 0.497 e. The first-order valence-corrected chi connectivity index (χ1v) is 12.5. The number of hydrogen-bond acceptors (Lipinski definition) is 3. The number of fused-ring (bicyclic) bond motifs is 4. The molecule has 4 heteroatoms. The summed E-state index contributed by atoms with van der Waals surface area (Å²) in [4.78, 5) is 28.9. The standard InChI is InChI=1S/C32H31NO3/c1-33(27-13-15-29(36-2)16-14-27)32(35)26-18-23-9-5-7-22(17-23)8-6-11-25-19-24-10-3-4-12-30(24)31(25)21-28(34)20-26/h3-10,12-17,26H,11,18-21H2,1-2H3/b8-6+/t26-/m1/s1. The molecule has 0 radical (unpaired) electrons. The normalized spacial score (nSPS) is 18.3. The Morgan fingerprint density at radius 1 is 0.944 bits per heavy atom. The van der Waals surface area contributed by atoms with Gasteiger partial charge in [-0.05, 0) is 71.4 Å². The Morgan fingerprint density at radius 3 is 2.56 bits per heavy atom. The Morgan fingerprint density at radius 2 is 1.75 bits per heavy atom. The smallest absolute Gasteiger partial charge is 0.230 e. The lowest BCUT2D eigenvalue weighted by atomic mass is 9.89. The molecule has 2 aliphatic carbocycles. The van der Waals surface area contributed by atoms with Gasteiger partial charge in [0.2, 0.25) is 5.91 Å². The van der Waals surface area contributed by atoms with Crippen molar-refractivity contribution in [2.45, 2.75) is 32.1 Å². The summed E-state index contributed by atoms with van der Waals surface area (Å²) in [5.41, 5.74) is 7.87. The van der Waals surface area contributed by atoms with Gasteiger partial charge in [-0.2, -0.15) is 0 Å². The zero-order valence-electron chi connectivity index (χ0n) is 20.9. The molecule has 182 valence electrons. The lowest BCUT2D eigenvalue weighted by Gasteiger charge is -2.24. The van der Waals surface area contributed by atoms with Gasteiger partial charge in [-0.15, -0.1) is 0 Å². The quantitative estimate of drug-likeness (QED) is 0.445. The van der Waals surface area contributed by atoms with Crippen molar-refractivity contribution in [2.75, 3.05) is 19.1 Å². The van der Waals surface area contributed by atoms with E-state index in [4.69, 9.17) is 4.74 Å². The van der Waals surface area contributed by atoms with Gasteiger partial charge in [0.1, 0.15) is 11.5 Å². The van der Waals surface area contributed by atoms with Crippen molar-refractivity contribution in [3.63, 3.8) is 0 Å². The van der Waals surface area contributed by atoms with E-state index in [1.54, 1.807) is 19.1 Å². The highest BCUT2D eigenvalue weighted by Gasteiger charge is 2.29. The fourth-order valence-corrected chi connectivity index (χ4v) is 5.35. The Hall–Kier alpha value is -3.92. The number of rotatable bonds is 3. The molecule has 0 spiro atoms. The number of ketones is 1. The van der Waals surface area contributed by atoms with E-state index in [0.717, 1.165) is 41.0 Å². The predicted molar refractivity (Wildman–Crippen MR) is 145 cm³/mol. The molecule has 0 saturated carbocycles. The van der Waals surface area contributed by atoms with Crippen LogP contribution in [0.2, 0.25) is 0 Å². The van der Waals surface area contributed by atoms with Crippen LogP contribution in [-0.2, 0) is 22.4 Å². The van der Waals surface area contributed by atoms with E-state index in [1.165, 1.54) is 16.7 Å². The van der Waals surface area contributed by atoms with E-state index in [2.05, 4.69) is 42.5 Å². The minimum atomic E-state index is -0.440. The maximum Gasteiger partial charge on any atom is 0.230 e. The molecule has 36 heavy (non-hydrogen) atoms. The summed E-state index contributed by atoms with van der Waals surface area (Å²) >= 11 is 0. The van der Waals surface area contributed by atoms with Crippen LogP contribution in [0.3, 0.4) is 0 Å². The number of Topliss-reactive ketones (excluding diaryl/α,β-unsaturated/α-hetero) is 1. The zero-order chi connectivity index (χ0) is 25.1. The van der Waals surface area contributed by atoms with Crippen molar-refractivity contribution in [1.29, 1.82) is 0 Å². The lowest BCUT2D eigenvalue weighted by molar-refractivity contribution is -0.127. The van der Waals surface area contributed by atoms with Gasteiger partial charge in [-0.1, -0.05) is 66.3 Å². The summed E-state index contributed by atoms with van der Waals surface area (Å²) in [7, 11) is 3.40. The summed E-state index contributed by atoms with van der Waals surface area (Å²) in [6.45, 7) is 0. The molecule has 3 aromatic carbocycles. The van der Waals surface area contributed by atoms with E-state index in [-0.39, 0.29) is 18.1 Å². The molecule has 0 aliphatic heterocycles. The van der Waals surface area contributed by atoms with Crippen LogP contribution >= 0.6 is 0 Å². The number of allylic oxidation sites excluding steroid dienone is 3. The van der Waals surface area contributed by atoms with Crippen LogP contribution < -0.4 is 9.64 Å². The molecule has 1 amide bonds. The van der Waals surface area contributed by atoms with Crippen molar-refractivity contribution in [2.24, 2.45) is 5.92 Å². The average molecular weight is 478 g/mol. The van der Waals surface area contributed by atoms with E-state index >= 15 is 0 Å². The monoisotopic (exact) mass is 477 g/mol. The summed E-state index contributed by atoms with van der Waals surface area (Å²) in [5.74, 6) is 0.360. The number of carbonyl (C=O) groups is 2. The summed E-state index contributed by atoms with van der Waals surface area (Å²) in [6.07, 6.45) is 7.16. The maximum atomic E-state index is 13.7. The van der Waals surface area contributed by atoms with Crippen LogP contribution in [0.5, 0.6) is 5.75 Å². The van der Waals surface area contributed by atoms with E-state index in [1.807, 2.05) is 42.5 Å². The molecule has 5 rings (SSSR count). The molecular weight excluding hydrogens is 446 g/mol. The molecule has 3 aromatic rings. The first-order valence-electron chi connectivity index (χ1n) is 12.5. The fraction of sp³-hybridized carbons (Fsp3) is 0.250. The van der Waals surface area contributed by atoms with Gasteiger partial charge in [0.05, 0.1) is 7.11 Å². The van der Waals surface area contributed by atoms with Crippen molar-refractivity contribution in [3.05, 3.63) is 107 Å². The number of methoxy groups -OCH3 is 1. The van der Waals surface area contributed by atoms with Gasteiger partial charge in [-0.3, -0.25) is 9.59 Å². The second-order valence-electron chi connectivity index (χ2n) is 9.68. The molecule has 0 saturated heterocycles. The number of anilines is 1. The van der Waals surface area contributed by atoms with Crippen molar-refractivity contribution in [1.82, 2.24) is 0 Å². The van der Waals surface area contributed by atoms with E-state index in [9.17, 15) is 9.59 Å². The molecule has 1 atom stereocenters. The molecule has 2 bridgehead atoms. The minimum absolute atomic E-state index is 0.0506. The van der Waals surface area contributed by atoms with Crippen molar-refractivity contribution in [3.8, 4) is 5.75 Å². The molecule has 0 fully saturated rings. The van der Waals surface area contributed by atoms with Gasteiger partial charge in [-0.25, -0.2) is 0 Å². The summed E-state index contributed by atoms with van der Waals surface area (Å²) < 4.78 is 5.25. The Labute approximate surface area is 212 Å². The topological polar surface area (TPSA) is 46.6 Å². The number of amides is 1. The Bertz CT molecular complexity index is 1350. The molecule has 4 nitrogen and oxygen atoms in total. The number of carbonyl (C=O) groups excluding carboxylic acids is 2. The molecular formula is C32H31NO3.